The Morgan fingerprint density at radius 2 is 1.65 bits per heavy atom. The lowest BCUT2D eigenvalue weighted by Gasteiger charge is -2.09. The molecule has 0 aliphatic carbocycles. The standard InChI is InChI=1S/C13H7Cl3FNO2/c14-9-3-6(17)1-2-8(9)13(20)18-7-4-10(15)12(19)11(16)5-7/h1-5,19H,(H,18,20). The van der Waals surface area contributed by atoms with Gasteiger partial charge in [-0.15, -0.1) is 0 Å². The number of halogens is 4. The smallest absolute Gasteiger partial charge is 0.257 e. The number of hydrogen-bond donors (Lipinski definition) is 2. The first-order valence-electron chi connectivity index (χ1n) is 5.33. The largest absolute Gasteiger partial charge is 0.505 e. The fourth-order valence-electron chi connectivity index (χ4n) is 1.51. The molecule has 2 rings (SSSR count). The summed E-state index contributed by atoms with van der Waals surface area (Å²) in [6.45, 7) is 0. The van der Waals surface area contributed by atoms with Crippen molar-refractivity contribution in [3.05, 3.63) is 56.8 Å². The summed E-state index contributed by atoms with van der Waals surface area (Å²) in [7, 11) is 0. The van der Waals surface area contributed by atoms with Crippen LogP contribution in [0.5, 0.6) is 5.75 Å². The van der Waals surface area contributed by atoms with Crippen molar-refractivity contribution in [3.8, 4) is 5.75 Å². The summed E-state index contributed by atoms with van der Waals surface area (Å²) in [6, 6.07) is 6.08. The lowest BCUT2D eigenvalue weighted by atomic mass is 10.2. The normalized spacial score (nSPS) is 10.4. The van der Waals surface area contributed by atoms with Crippen molar-refractivity contribution in [1.82, 2.24) is 0 Å². The summed E-state index contributed by atoms with van der Waals surface area (Å²) in [5, 5.41) is 11.9. The van der Waals surface area contributed by atoms with Gasteiger partial charge in [-0.2, -0.15) is 0 Å². The van der Waals surface area contributed by atoms with Crippen molar-refractivity contribution in [2.45, 2.75) is 0 Å². The van der Waals surface area contributed by atoms with Crippen molar-refractivity contribution in [2.75, 3.05) is 5.32 Å². The number of phenols is 1. The highest BCUT2D eigenvalue weighted by Gasteiger charge is 2.13. The van der Waals surface area contributed by atoms with E-state index in [4.69, 9.17) is 34.8 Å². The van der Waals surface area contributed by atoms with E-state index in [0.29, 0.717) is 0 Å². The molecule has 0 fully saturated rings. The third kappa shape index (κ3) is 3.15. The Bertz CT molecular complexity index is 668. The molecule has 0 atom stereocenters. The van der Waals surface area contributed by atoms with E-state index in [0.717, 1.165) is 12.1 Å². The second-order valence-electron chi connectivity index (χ2n) is 3.87. The maximum absolute atomic E-state index is 12.9. The summed E-state index contributed by atoms with van der Waals surface area (Å²) in [5.74, 6) is -1.36. The van der Waals surface area contributed by atoms with Gasteiger partial charge in [0.25, 0.3) is 5.91 Å². The quantitative estimate of drug-likeness (QED) is 0.779. The molecular formula is C13H7Cl3FNO2. The average Bonchev–Trinajstić information content (AvgIpc) is 2.35. The Morgan fingerprint density at radius 3 is 2.20 bits per heavy atom. The SMILES string of the molecule is O=C(Nc1cc(Cl)c(O)c(Cl)c1)c1ccc(F)cc1Cl. The number of nitrogens with one attached hydrogen (secondary N) is 1. The first-order valence-corrected chi connectivity index (χ1v) is 6.46. The molecule has 0 radical (unpaired) electrons. The van der Waals surface area contributed by atoms with E-state index in [9.17, 15) is 14.3 Å². The van der Waals surface area contributed by atoms with Gasteiger partial charge in [0.1, 0.15) is 5.82 Å². The molecule has 2 N–H and O–H groups in total. The zero-order chi connectivity index (χ0) is 14.9. The maximum atomic E-state index is 12.9. The van der Waals surface area contributed by atoms with Crippen LogP contribution in [0.25, 0.3) is 0 Å². The Hall–Kier alpha value is -1.49. The summed E-state index contributed by atoms with van der Waals surface area (Å²) < 4.78 is 12.9. The van der Waals surface area contributed by atoms with Crippen molar-refractivity contribution < 1.29 is 14.3 Å². The Labute approximate surface area is 128 Å². The molecule has 2 aromatic rings. The fourth-order valence-corrected chi connectivity index (χ4v) is 2.25. The minimum Gasteiger partial charge on any atom is -0.505 e. The molecule has 0 aromatic heterocycles. The van der Waals surface area contributed by atoms with Gasteiger partial charge in [-0.05, 0) is 30.3 Å². The molecule has 104 valence electrons. The maximum Gasteiger partial charge on any atom is 0.257 e. The van der Waals surface area contributed by atoms with Gasteiger partial charge in [-0.25, -0.2) is 4.39 Å². The lowest BCUT2D eigenvalue weighted by Crippen LogP contribution is -2.12. The number of hydrogen-bond acceptors (Lipinski definition) is 2. The molecule has 0 unspecified atom stereocenters. The molecular weight excluding hydrogens is 328 g/mol. The zero-order valence-corrected chi connectivity index (χ0v) is 12.0. The van der Waals surface area contributed by atoms with Crippen LogP contribution in [0.15, 0.2) is 30.3 Å². The molecule has 0 bridgehead atoms. The van der Waals surface area contributed by atoms with E-state index in [2.05, 4.69) is 5.32 Å². The molecule has 0 spiro atoms. The van der Waals surface area contributed by atoms with Crippen LogP contribution in [0.4, 0.5) is 10.1 Å². The van der Waals surface area contributed by atoms with Gasteiger partial charge in [0, 0.05) is 5.69 Å². The number of benzene rings is 2. The van der Waals surface area contributed by atoms with Gasteiger partial charge in [-0.3, -0.25) is 4.79 Å². The van der Waals surface area contributed by atoms with Gasteiger partial charge in [0.05, 0.1) is 20.6 Å². The molecule has 2 aromatic carbocycles. The Kier molecular flexibility index (Phi) is 4.38. The molecule has 0 heterocycles. The topological polar surface area (TPSA) is 49.3 Å². The highest BCUT2D eigenvalue weighted by Crippen LogP contribution is 2.34. The van der Waals surface area contributed by atoms with E-state index < -0.39 is 11.7 Å². The van der Waals surface area contributed by atoms with E-state index >= 15 is 0 Å². The van der Waals surface area contributed by atoms with E-state index in [1.165, 1.54) is 18.2 Å². The van der Waals surface area contributed by atoms with E-state index in [1.807, 2.05) is 0 Å². The van der Waals surface area contributed by atoms with Crippen LogP contribution in [-0.2, 0) is 0 Å². The Balaban J connectivity index is 2.28. The van der Waals surface area contributed by atoms with Gasteiger partial charge in [-0.1, -0.05) is 34.8 Å². The number of anilines is 1. The minimum atomic E-state index is -0.548. The average molecular weight is 335 g/mol. The minimum absolute atomic E-state index is 0.00185. The Morgan fingerprint density at radius 1 is 1.05 bits per heavy atom. The number of phenolic OH excluding ortho intramolecular Hbond substituents is 1. The van der Waals surface area contributed by atoms with Gasteiger partial charge < -0.3 is 10.4 Å². The number of carbonyl (C=O) groups excluding carboxylic acids is 1. The number of amides is 1. The highest BCUT2D eigenvalue weighted by atomic mass is 35.5. The van der Waals surface area contributed by atoms with Crippen LogP contribution in [-0.4, -0.2) is 11.0 Å². The predicted molar refractivity (Wildman–Crippen MR) is 77.5 cm³/mol. The van der Waals surface area contributed by atoms with Crippen LogP contribution >= 0.6 is 34.8 Å². The van der Waals surface area contributed by atoms with Gasteiger partial charge in [0.2, 0.25) is 0 Å². The van der Waals surface area contributed by atoms with Gasteiger partial charge >= 0.3 is 0 Å². The highest BCUT2D eigenvalue weighted by molar-refractivity contribution is 6.38. The summed E-state index contributed by atoms with van der Waals surface area (Å²) in [4.78, 5) is 12.0. The third-order valence-electron chi connectivity index (χ3n) is 2.45. The molecule has 0 aliphatic heterocycles. The van der Waals surface area contributed by atoms with Crippen LogP contribution in [0.1, 0.15) is 10.4 Å². The zero-order valence-electron chi connectivity index (χ0n) is 9.75. The summed E-state index contributed by atoms with van der Waals surface area (Å²) in [5.41, 5.74) is 0.386. The molecule has 3 nitrogen and oxygen atoms in total. The first-order chi connectivity index (χ1) is 9.38. The van der Waals surface area contributed by atoms with Crippen molar-refractivity contribution in [3.63, 3.8) is 0 Å². The number of carbonyl (C=O) groups is 1. The van der Waals surface area contributed by atoms with Crippen molar-refractivity contribution in [2.24, 2.45) is 0 Å². The van der Waals surface area contributed by atoms with E-state index in [-0.39, 0.29) is 32.1 Å². The fraction of sp³-hybridized carbons (Fsp3) is 0. The van der Waals surface area contributed by atoms with Crippen LogP contribution in [0.3, 0.4) is 0 Å². The summed E-state index contributed by atoms with van der Waals surface area (Å²) >= 11 is 17.3. The van der Waals surface area contributed by atoms with Crippen LogP contribution < -0.4 is 5.32 Å². The van der Waals surface area contributed by atoms with E-state index in [1.54, 1.807) is 0 Å². The molecule has 1 amide bonds. The molecule has 0 saturated carbocycles. The summed E-state index contributed by atoms with van der Waals surface area (Å²) in [6.07, 6.45) is 0. The lowest BCUT2D eigenvalue weighted by molar-refractivity contribution is 0.102. The molecule has 0 saturated heterocycles. The van der Waals surface area contributed by atoms with Gasteiger partial charge in [0.15, 0.2) is 5.75 Å². The van der Waals surface area contributed by atoms with Crippen LogP contribution in [0, 0.1) is 5.82 Å². The van der Waals surface area contributed by atoms with Crippen molar-refractivity contribution in [1.29, 1.82) is 0 Å². The molecule has 0 aliphatic rings. The van der Waals surface area contributed by atoms with Crippen molar-refractivity contribution >= 4 is 46.4 Å². The predicted octanol–water partition coefficient (Wildman–Crippen LogP) is 4.74. The number of aromatic hydroxyl groups is 1. The first kappa shape index (κ1) is 14.9. The second kappa shape index (κ2) is 5.87. The molecule has 7 heteroatoms. The molecule has 20 heavy (non-hydrogen) atoms. The second-order valence-corrected chi connectivity index (χ2v) is 5.09. The number of rotatable bonds is 2. The van der Waals surface area contributed by atoms with Crippen LogP contribution in [0.2, 0.25) is 15.1 Å². The monoisotopic (exact) mass is 333 g/mol. The third-order valence-corrected chi connectivity index (χ3v) is 3.34.